The van der Waals surface area contributed by atoms with Crippen molar-refractivity contribution in [2.24, 2.45) is 9.98 Å². The lowest BCUT2D eigenvalue weighted by atomic mass is 9.67. The Bertz CT molecular complexity index is 2970. The van der Waals surface area contributed by atoms with Crippen LogP contribution in [0.5, 0.6) is 0 Å². The van der Waals surface area contributed by atoms with Gasteiger partial charge in [0.2, 0.25) is 0 Å². The quantitative estimate of drug-likeness (QED) is 0.179. The van der Waals surface area contributed by atoms with Gasteiger partial charge in [0.25, 0.3) is 0 Å². The summed E-state index contributed by atoms with van der Waals surface area (Å²) in [6.45, 7) is 4.91. The van der Waals surface area contributed by atoms with Gasteiger partial charge in [0.1, 0.15) is 11.7 Å². The highest BCUT2D eigenvalue weighted by atomic mass is 15.2. The van der Waals surface area contributed by atoms with Gasteiger partial charge >= 0.3 is 0 Å². The van der Waals surface area contributed by atoms with E-state index in [0.717, 1.165) is 41.2 Å². The Morgan fingerprint density at radius 2 is 1.22 bits per heavy atom. The molecule has 3 nitrogen and oxygen atoms in total. The van der Waals surface area contributed by atoms with Crippen LogP contribution < -0.4 is 5.32 Å². The number of benzene rings is 6. The van der Waals surface area contributed by atoms with E-state index in [1.54, 1.807) is 16.7 Å². The third kappa shape index (κ3) is 6.30. The van der Waals surface area contributed by atoms with Crippen LogP contribution in [0.2, 0.25) is 0 Å². The number of fused-ring (bicyclic) bond motifs is 7. The van der Waals surface area contributed by atoms with Gasteiger partial charge in [-0.05, 0) is 110 Å². The van der Waals surface area contributed by atoms with Gasteiger partial charge in [-0.3, -0.25) is 0 Å². The van der Waals surface area contributed by atoms with Crippen molar-refractivity contribution >= 4 is 17.2 Å². The molecule has 3 atom stereocenters. The summed E-state index contributed by atoms with van der Waals surface area (Å²) in [5.74, 6) is 2.38. The van der Waals surface area contributed by atoms with Crippen molar-refractivity contribution in [1.82, 2.24) is 5.32 Å². The second-order valence-corrected chi connectivity index (χ2v) is 19.1. The number of rotatable bonds is 6. The first-order chi connectivity index (χ1) is 30.9. The van der Waals surface area contributed by atoms with Crippen LogP contribution in [0.1, 0.15) is 127 Å². The molecule has 0 aromatic heterocycles. The van der Waals surface area contributed by atoms with E-state index >= 15 is 0 Å². The molecule has 0 radical (unpaired) electrons. The highest BCUT2D eigenvalue weighted by Gasteiger charge is 2.47. The Hall–Kier alpha value is -6.58. The van der Waals surface area contributed by atoms with E-state index in [-0.39, 0.29) is 17.0 Å². The Morgan fingerprint density at radius 1 is 0.524 bits per heavy atom. The van der Waals surface area contributed by atoms with E-state index in [9.17, 15) is 0 Å². The number of nitrogens with zero attached hydrogens (tertiary/aromatic N) is 2. The standard InChI is InChI=1S/C60H53N3/c1-59(2)52-25-15-23-47(55(52)50-38-54-49(37-53(50)59)48-22-10-11-24-51(48)60(54)34-12-5-13-35-60)46-21-14-20-45(36-46)41-28-32-44(33-29-41)58-62-56(42-18-8-4-9-19-42)61-57(63-58)43-30-26-40(27-31-43)39-16-6-3-7-17-39/h3-4,6-11,14-16,18-22,24-33,36-39,47,58H,5,12-13,17,23,34-35H2,1-2H3,(H,61,62,63). The van der Waals surface area contributed by atoms with Crippen LogP contribution >= 0.6 is 0 Å². The molecule has 1 heterocycles. The second-order valence-electron chi connectivity index (χ2n) is 19.1. The fourth-order valence-electron chi connectivity index (χ4n) is 12.0. The highest BCUT2D eigenvalue weighted by molar-refractivity contribution is 6.15. The van der Waals surface area contributed by atoms with E-state index in [1.807, 2.05) is 6.07 Å². The van der Waals surface area contributed by atoms with Crippen molar-refractivity contribution in [3.63, 3.8) is 0 Å². The Morgan fingerprint density at radius 3 is 2.00 bits per heavy atom. The molecular formula is C60H53N3. The SMILES string of the molecule is CC1(C)C2=C(c3cc4c(cc31)-c1ccccc1C41CCCCC1)C(c1cccc(-c3ccc(C4N=C(c5ccccc5)NC(c5ccc(C6C=CC=CC6)cc5)=N4)cc3)c1)CC=C2. The lowest BCUT2D eigenvalue weighted by Crippen LogP contribution is -2.36. The van der Waals surface area contributed by atoms with Crippen LogP contribution in [0.15, 0.2) is 192 Å². The van der Waals surface area contributed by atoms with Crippen molar-refractivity contribution in [3.8, 4) is 22.3 Å². The van der Waals surface area contributed by atoms with Gasteiger partial charge in [0.05, 0.1) is 0 Å². The smallest absolute Gasteiger partial charge is 0.169 e. The average Bonchev–Trinajstić information content (AvgIpc) is 3.74. The van der Waals surface area contributed by atoms with Gasteiger partial charge in [-0.2, -0.15) is 0 Å². The van der Waals surface area contributed by atoms with Gasteiger partial charge in [-0.25, -0.2) is 9.98 Å². The molecule has 6 aromatic rings. The van der Waals surface area contributed by atoms with Gasteiger partial charge in [-0.15, -0.1) is 0 Å². The molecule has 0 bridgehead atoms. The van der Waals surface area contributed by atoms with Crippen LogP contribution in [0.3, 0.4) is 0 Å². The zero-order valence-corrected chi connectivity index (χ0v) is 36.3. The summed E-state index contributed by atoms with van der Waals surface area (Å²) in [4.78, 5) is 10.4. The molecule has 1 fully saturated rings. The third-order valence-corrected chi connectivity index (χ3v) is 15.3. The fourth-order valence-corrected chi connectivity index (χ4v) is 12.0. The molecule has 6 aliphatic rings. The minimum absolute atomic E-state index is 0.0623. The minimum Gasteiger partial charge on any atom is -0.324 e. The fraction of sp³-hybridized carbons (Fsp3) is 0.233. The van der Waals surface area contributed by atoms with Gasteiger partial charge < -0.3 is 5.32 Å². The van der Waals surface area contributed by atoms with Gasteiger partial charge in [-0.1, -0.05) is 197 Å². The number of amidine groups is 2. The van der Waals surface area contributed by atoms with Gasteiger partial charge in [0.15, 0.2) is 6.17 Å². The van der Waals surface area contributed by atoms with Crippen LogP contribution in [0.4, 0.5) is 0 Å². The summed E-state index contributed by atoms with van der Waals surface area (Å²) < 4.78 is 0. The molecular weight excluding hydrogens is 763 g/mol. The van der Waals surface area contributed by atoms with E-state index in [2.05, 4.69) is 189 Å². The molecule has 63 heavy (non-hydrogen) atoms. The Balaban J connectivity index is 0.866. The third-order valence-electron chi connectivity index (χ3n) is 15.3. The number of hydrogen-bond donors (Lipinski definition) is 1. The van der Waals surface area contributed by atoms with E-state index < -0.39 is 0 Å². The Kier molecular flexibility index (Phi) is 9.11. The maximum absolute atomic E-state index is 5.22. The number of aliphatic imine (C=N–C) groups is 2. The first-order valence-corrected chi connectivity index (χ1v) is 23.3. The molecule has 5 aliphatic carbocycles. The summed E-state index contributed by atoms with van der Waals surface area (Å²) >= 11 is 0. The van der Waals surface area contributed by atoms with Crippen molar-refractivity contribution in [1.29, 1.82) is 0 Å². The van der Waals surface area contributed by atoms with Crippen molar-refractivity contribution in [3.05, 3.63) is 232 Å². The van der Waals surface area contributed by atoms with Crippen molar-refractivity contribution in [2.75, 3.05) is 0 Å². The number of hydrogen-bond acceptors (Lipinski definition) is 3. The van der Waals surface area contributed by atoms with Crippen LogP contribution in [-0.2, 0) is 10.8 Å². The lowest BCUT2D eigenvalue weighted by Gasteiger charge is -2.36. The first-order valence-electron chi connectivity index (χ1n) is 23.3. The molecule has 1 spiro atoms. The molecule has 0 amide bonds. The zero-order chi connectivity index (χ0) is 42.1. The summed E-state index contributed by atoms with van der Waals surface area (Å²) in [7, 11) is 0. The molecule has 12 rings (SSSR count). The average molecular weight is 816 g/mol. The topological polar surface area (TPSA) is 36.8 Å². The molecule has 6 aromatic carbocycles. The van der Waals surface area contributed by atoms with E-state index in [1.165, 1.54) is 82.2 Å². The van der Waals surface area contributed by atoms with E-state index in [0.29, 0.717) is 11.8 Å². The molecule has 3 unspecified atom stereocenters. The maximum Gasteiger partial charge on any atom is 0.169 e. The maximum atomic E-state index is 5.22. The van der Waals surface area contributed by atoms with Crippen molar-refractivity contribution in [2.45, 2.75) is 87.6 Å². The lowest BCUT2D eigenvalue weighted by molar-refractivity contribution is 0.352. The highest BCUT2D eigenvalue weighted by Crippen LogP contribution is 2.61. The van der Waals surface area contributed by atoms with E-state index in [4.69, 9.17) is 9.98 Å². The monoisotopic (exact) mass is 815 g/mol. The zero-order valence-electron chi connectivity index (χ0n) is 36.3. The molecule has 0 saturated heterocycles. The summed E-state index contributed by atoms with van der Waals surface area (Å²) in [6, 6.07) is 52.2. The molecule has 1 aliphatic heterocycles. The minimum atomic E-state index is -0.366. The normalized spacial score (nSPS) is 22.2. The second kappa shape index (κ2) is 15.1. The Labute approximate surface area is 372 Å². The molecule has 1 N–H and O–H groups in total. The number of nitrogens with one attached hydrogen (secondary N) is 1. The summed E-state index contributed by atoms with van der Waals surface area (Å²) in [6.07, 6.45) is 21.8. The molecule has 308 valence electrons. The first kappa shape index (κ1) is 38.1. The summed E-state index contributed by atoms with van der Waals surface area (Å²) in [5.41, 5.74) is 20.5. The van der Waals surface area contributed by atoms with Crippen LogP contribution in [0.25, 0.3) is 27.8 Å². The van der Waals surface area contributed by atoms with Crippen LogP contribution in [-0.4, -0.2) is 11.7 Å². The molecule has 1 saturated carbocycles. The van der Waals surface area contributed by atoms with Crippen molar-refractivity contribution < 1.29 is 0 Å². The number of allylic oxidation sites excluding steroid dienone is 8. The van der Waals surface area contributed by atoms with Gasteiger partial charge in [0, 0.05) is 33.8 Å². The predicted molar refractivity (Wildman–Crippen MR) is 262 cm³/mol. The predicted octanol–water partition coefficient (Wildman–Crippen LogP) is 14.5. The largest absolute Gasteiger partial charge is 0.324 e. The van der Waals surface area contributed by atoms with Crippen LogP contribution in [0, 0.1) is 0 Å². The molecule has 3 heteroatoms. The summed E-state index contributed by atoms with van der Waals surface area (Å²) in [5, 5.41) is 3.58.